The molecule has 0 aromatic carbocycles. The average molecular weight is 261 g/mol. The van der Waals surface area contributed by atoms with Gasteiger partial charge in [-0.25, -0.2) is 8.78 Å². The van der Waals surface area contributed by atoms with E-state index in [1.54, 1.807) is 9.80 Å². The molecule has 2 aliphatic heterocycles. The average Bonchev–Trinajstić information content (AvgIpc) is 2.69. The number of carbonyl (C=O) groups is 2. The Bertz CT molecular complexity index is 354. The van der Waals surface area contributed by atoms with E-state index in [-0.39, 0.29) is 11.8 Å². The Morgan fingerprint density at radius 1 is 1.17 bits per heavy atom. The van der Waals surface area contributed by atoms with E-state index in [9.17, 15) is 18.4 Å². The van der Waals surface area contributed by atoms with Crippen molar-refractivity contribution in [2.45, 2.75) is 25.3 Å². The van der Waals surface area contributed by atoms with E-state index < -0.39 is 24.9 Å². The monoisotopic (exact) mass is 261 g/mol. The Balaban J connectivity index is 1.87. The molecular formula is C11H17F2N3O2. The van der Waals surface area contributed by atoms with Gasteiger partial charge in [-0.3, -0.25) is 14.9 Å². The summed E-state index contributed by atoms with van der Waals surface area (Å²) in [5.74, 6) is -3.09. The minimum absolute atomic E-state index is 0.0207. The second-order valence-corrected chi connectivity index (χ2v) is 4.82. The molecule has 7 heteroatoms. The predicted molar refractivity (Wildman–Crippen MR) is 60.2 cm³/mol. The summed E-state index contributed by atoms with van der Waals surface area (Å²) in [4.78, 5) is 26.3. The molecule has 2 amide bonds. The minimum Gasteiger partial charge on any atom is -0.339 e. The van der Waals surface area contributed by atoms with Gasteiger partial charge in [-0.05, 0) is 0 Å². The van der Waals surface area contributed by atoms with Crippen LogP contribution in [0.25, 0.3) is 0 Å². The van der Waals surface area contributed by atoms with Crippen molar-refractivity contribution in [1.82, 2.24) is 15.1 Å². The number of carbonyl (C=O) groups excluding carboxylic acids is 2. The molecule has 1 N–H and O–H groups in total. The van der Waals surface area contributed by atoms with Gasteiger partial charge in [-0.1, -0.05) is 0 Å². The molecule has 0 aromatic heterocycles. The predicted octanol–water partition coefficient (Wildman–Crippen LogP) is -0.326. The molecule has 1 atom stereocenters. The standard InChI is InChI=1S/C11H17F2N3O2/c1-8(17)15-2-4-16(5-3-15)10(18)9-6-11(12,13)7-14-9/h9,14H,2-7H2,1H3. The first kappa shape index (κ1) is 13.2. The summed E-state index contributed by atoms with van der Waals surface area (Å²) in [5, 5.41) is 2.56. The van der Waals surface area contributed by atoms with Gasteiger partial charge in [0, 0.05) is 39.5 Å². The van der Waals surface area contributed by atoms with Gasteiger partial charge in [0.2, 0.25) is 11.8 Å². The van der Waals surface area contributed by atoms with Gasteiger partial charge in [0.25, 0.3) is 5.92 Å². The van der Waals surface area contributed by atoms with Crippen molar-refractivity contribution in [3.8, 4) is 0 Å². The zero-order chi connectivity index (χ0) is 13.3. The van der Waals surface area contributed by atoms with Crippen molar-refractivity contribution < 1.29 is 18.4 Å². The van der Waals surface area contributed by atoms with E-state index in [1.165, 1.54) is 6.92 Å². The van der Waals surface area contributed by atoms with Crippen LogP contribution in [0, 0.1) is 0 Å². The third kappa shape index (κ3) is 2.77. The van der Waals surface area contributed by atoms with Crippen molar-refractivity contribution in [3.63, 3.8) is 0 Å². The van der Waals surface area contributed by atoms with Gasteiger partial charge in [0.05, 0.1) is 12.6 Å². The number of alkyl halides is 2. The first-order valence-corrected chi connectivity index (χ1v) is 6.04. The molecule has 2 fully saturated rings. The molecule has 0 radical (unpaired) electrons. The summed E-state index contributed by atoms with van der Waals surface area (Å²) in [6, 6.07) is -0.788. The second-order valence-electron chi connectivity index (χ2n) is 4.82. The maximum atomic E-state index is 13.0. The molecule has 2 heterocycles. The number of nitrogens with one attached hydrogen (secondary N) is 1. The highest BCUT2D eigenvalue weighted by molar-refractivity contribution is 5.83. The van der Waals surface area contributed by atoms with E-state index in [1.807, 2.05) is 0 Å². The van der Waals surface area contributed by atoms with Crippen LogP contribution in [0.4, 0.5) is 8.78 Å². The van der Waals surface area contributed by atoms with Crippen LogP contribution in [0.5, 0.6) is 0 Å². The number of hydrogen-bond donors (Lipinski definition) is 1. The van der Waals surface area contributed by atoms with Crippen molar-refractivity contribution in [2.24, 2.45) is 0 Å². The smallest absolute Gasteiger partial charge is 0.262 e. The largest absolute Gasteiger partial charge is 0.339 e. The maximum absolute atomic E-state index is 13.0. The third-order valence-electron chi connectivity index (χ3n) is 3.44. The first-order valence-electron chi connectivity index (χ1n) is 6.04. The van der Waals surface area contributed by atoms with Crippen LogP contribution >= 0.6 is 0 Å². The maximum Gasteiger partial charge on any atom is 0.262 e. The minimum atomic E-state index is -2.79. The lowest BCUT2D eigenvalue weighted by Crippen LogP contribution is -2.53. The van der Waals surface area contributed by atoms with Crippen LogP contribution in [0.15, 0.2) is 0 Å². The van der Waals surface area contributed by atoms with Gasteiger partial charge in [-0.15, -0.1) is 0 Å². The van der Waals surface area contributed by atoms with E-state index in [0.717, 1.165) is 0 Å². The fourth-order valence-corrected chi connectivity index (χ4v) is 2.35. The van der Waals surface area contributed by atoms with Crippen molar-refractivity contribution >= 4 is 11.8 Å². The van der Waals surface area contributed by atoms with E-state index in [4.69, 9.17) is 0 Å². The Morgan fingerprint density at radius 2 is 1.72 bits per heavy atom. The molecule has 2 aliphatic rings. The molecule has 0 aromatic rings. The number of piperazine rings is 1. The summed E-state index contributed by atoms with van der Waals surface area (Å²) < 4.78 is 26.0. The molecule has 102 valence electrons. The van der Waals surface area contributed by atoms with Crippen LogP contribution in [0.2, 0.25) is 0 Å². The third-order valence-corrected chi connectivity index (χ3v) is 3.44. The van der Waals surface area contributed by atoms with Gasteiger partial charge < -0.3 is 9.80 Å². The Morgan fingerprint density at radius 3 is 2.17 bits per heavy atom. The summed E-state index contributed by atoms with van der Waals surface area (Å²) >= 11 is 0. The molecular weight excluding hydrogens is 244 g/mol. The molecule has 0 spiro atoms. The van der Waals surface area contributed by atoms with E-state index in [2.05, 4.69) is 5.32 Å². The van der Waals surface area contributed by atoms with E-state index in [0.29, 0.717) is 26.2 Å². The second kappa shape index (κ2) is 4.79. The molecule has 18 heavy (non-hydrogen) atoms. The number of amides is 2. The lowest BCUT2D eigenvalue weighted by atomic mass is 10.1. The van der Waals surface area contributed by atoms with Crippen molar-refractivity contribution in [1.29, 1.82) is 0 Å². The molecule has 0 saturated carbocycles. The SMILES string of the molecule is CC(=O)N1CCN(C(=O)C2CC(F)(F)CN2)CC1. The molecule has 2 saturated heterocycles. The van der Waals surface area contributed by atoms with Crippen LogP contribution in [-0.4, -0.2) is 66.3 Å². The number of nitrogens with zero attached hydrogens (tertiary/aromatic N) is 2. The highest BCUT2D eigenvalue weighted by atomic mass is 19.3. The Labute approximate surface area is 104 Å². The van der Waals surface area contributed by atoms with Crippen LogP contribution in [0.3, 0.4) is 0 Å². The fraction of sp³-hybridized carbons (Fsp3) is 0.818. The number of rotatable bonds is 1. The lowest BCUT2D eigenvalue weighted by molar-refractivity contribution is -0.140. The zero-order valence-corrected chi connectivity index (χ0v) is 10.3. The van der Waals surface area contributed by atoms with Gasteiger partial charge in [-0.2, -0.15) is 0 Å². The van der Waals surface area contributed by atoms with Crippen molar-refractivity contribution in [3.05, 3.63) is 0 Å². The van der Waals surface area contributed by atoms with Gasteiger partial charge >= 0.3 is 0 Å². The Hall–Kier alpha value is -1.24. The van der Waals surface area contributed by atoms with Gasteiger partial charge in [0.15, 0.2) is 0 Å². The molecule has 0 aliphatic carbocycles. The van der Waals surface area contributed by atoms with Gasteiger partial charge in [0.1, 0.15) is 0 Å². The quantitative estimate of drug-likeness (QED) is 0.703. The van der Waals surface area contributed by atoms with Crippen LogP contribution in [0.1, 0.15) is 13.3 Å². The highest BCUT2D eigenvalue weighted by Gasteiger charge is 2.43. The summed E-state index contributed by atoms with van der Waals surface area (Å²) in [5.41, 5.74) is 0. The fourth-order valence-electron chi connectivity index (χ4n) is 2.35. The summed E-state index contributed by atoms with van der Waals surface area (Å²) in [7, 11) is 0. The topological polar surface area (TPSA) is 52.7 Å². The lowest BCUT2D eigenvalue weighted by Gasteiger charge is -2.35. The molecule has 0 bridgehead atoms. The molecule has 5 nitrogen and oxygen atoms in total. The summed E-state index contributed by atoms with van der Waals surface area (Å²) in [6.45, 7) is 2.84. The summed E-state index contributed by atoms with van der Waals surface area (Å²) in [6.07, 6.45) is -0.432. The first-order chi connectivity index (χ1) is 8.39. The number of hydrogen-bond acceptors (Lipinski definition) is 3. The van der Waals surface area contributed by atoms with Crippen LogP contribution < -0.4 is 5.32 Å². The highest BCUT2D eigenvalue weighted by Crippen LogP contribution is 2.26. The van der Waals surface area contributed by atoms with Crippen LogP contribution in [-0.2, 0) is 9.59 Å². The van der Waals surface area contributed by atoms with Crippen molar-refractivity contribution in [2.75, 3.05) is 32.7 Å². The number of halogens is 2. The molecule has 1 unspecified atom stereocenters. The normalized spacial score (nSPS) is 27.4. The zero-order valence-electron chi connectivity index (χ0n) is 10.3. The molecule has 2 rings (SSSR count). The van der Waals surface area contributed by atoms with E-state index >= 15 is 0 Å². The Kier molecular flexibility index (Phi) is 3.52.